The minimum absolute atomic E-state index is 0.0797. The van der Waals surface area contributed by atoms with Crippen molar-refractivity contribution < 1.29 is 62.7 Å². The Morgan fingerprint density at radius 2 is 0.844 bits per heavy atom. The van der Waals surface area contributed by atoms with Gasteiger partial charge < -0.3 is 55.7 Å². The summed E-state index contributed by atoms with van der Waals surface area (Å²) in [4.78, 5) is 83.2. The van der Waals surface area contributed by atoms with Gasteiger partial charge in [-0.15, -0.1) is 0 Å². The summed E-state index contributed by atoms with van der Waals surface area (Å²) in [7, 11) is 1.47. The van der Waals surface area contributed by atoms with Crippen molar-refractivity contribution in [2.24, 2.45) is 0 Å². The molecular weight excluding hydrogens is 833 g/mol. The second-order valence-electron chi connectivity index (χ2n) is 15.9. The first kappa shape index (κ1) is 60.1. The summed E-state index contributed by atoms with van der Waals surface area (Å²) >= 11 is 0. The summed E-state index contributed by atoms with van der Waals surface area (Å²) in [5.41, 5.74) is 0. The minimum atomic E-state index is -1.32. The first-order valence-corrected chi connectivity index (χ1v) is 23.8. The number of aliphatic carboxylic acids is 2. The molecule has 0 aliphatic heterocycles. The van der Waals surface area contributed by atoms with Crippen molar-refractivity contribution in [3.05, 3.63) is 0 Å². The number of rotatable bonds is 47. The van der Waals surface area contributed by atoms with Gasteiger partial charge in [-0.05, 0) is 26.3 Å². The monoisotopic (exact) mass is 917 g/mol. The molecule has 64 heavy (non-hydrogen) atoms. The highest BCUT2D eigenvalue weighted by atomic mass is 16.5. The van der Waals surface area contributed by atoms with E-state index in [9.17, 15) is 38.7 Å². The average molecular weight is 917 g/mol. The van der Waals surface area contributed by atoms with Gasteiger partial charge in [0.05, 0.1) is 39.6 Å². The van der Waals surface area contributed by atoms with Crippen LogP contribution in [0, 0.1) is 0 Å². The molecule has 0 spiro atoms. The van der Waals surface area contributed by atoms with Gasteiger partial charge in [0.1, 0.15) is 13.2 Å². The van der Waals surface area contributed by atoms with Crippen molar-refractivity contribution in [2.45, 2.75) is 154 Å². The Morgan fingerprint density at radius 1 is 0.438 bits per heavy atom. The van der Waals surface area contributed by atoms with E-state index in [1.165, 1.54) is 82.6 Å². The second kappa shape index (κ2) is 44.3. The minimum Gasteiger partial charge on any atom is -0.481 e. The number of nitrogens with one attached hydrogen (secondary N) is 5. The quantitative estimate of drug-likeness (QED) is 0.0340. The number of nitrogens with zero attached hydrogens (tertiary/aromatic N) is 1. The van der Waals surface area contributed by atoms with E-state index < -0.39 is 18.1 Å². The highest BCUT2D eigenvalue weighted by molar-refractivity contribution is 5.84. The lowest BCUT2D eigenvalue weighted by molar-refractivity contribution is -0.147. The highest BCUT2D eigenvalue weighted by Crippen LogP contribution is 2.15. The molecule has 0 saturated carbocycles. The standard InChI is InChI=1S/C45H84N6O13/c1-3-38(52)47-26-27-48-41(55)36-64-34-32-62-30-28-49-42(56)37-63-33-31-61-29-22-25-46-40(54)35-51(2)44(45(59)60)50-39(53)23-20-18-16-14-12-10-8-6-4-5-7-9-11-13-15-17-19-21-24-43(57)58/h44H,3-37H2,1-2H3,(H,46,54)(H,47,52)(H,48,55)(H,49,56)(H,50,53)(H,57,58)(H,59,60)/t44-/m0/s1. The predicted octanol–water partition coefficient (Wildman–Crippen LogP) is 3.66. The molecule has 5 amide bonds. The lowest BCUT2D eigenvalue weighted by Crippen LogP contribution is -2.54. The Hall–Kier alpha value is -3.91. The van der Waals surface area contributed by atoms with Crippen LogP contribution in [0.4, 0.5) is 0 Å². The lowest BCUT2D eigenvalue weighted by atomic mass is 10.0. The van der Waals surface area contributed by atoms with E-state index in [1.807, 2.05) is 0 Å². The molecule has 0 aliphatic rings. The van der Waals surface area contributed by atoms with Crippen LogP contribution in [-0.2, 0) is 52.5 Å². The van der Waals surface area contributed by atoms with Crippen LogP contribution in [0.15, 0.2) is 0 Å². The van der Waals surface area contributed by atoms with Crippen LogP contribution < -0.4 is 26.6 Å². The van der Waals surface area contributed by atoms with Crippen molar-refractivity contribution in [1.82, 2.24) is 31.5 Å². The summed E-state index contributed by atoms with van der Waals surface area (Å²) in [6, 6.07) is 0. The molecule has 7 N–H and O–H groups in total. The molecule has 1 atom stereocenters. The first-order chi connectivity index (χ1) is 31.0. The van der Waals surface area contributed by atoms with Gasteiger partial charge >= 0.3 is 11.9 Å². The van der Waals surface area contributed by atoms with Crippen molar-refractivity contribution in [3.8, 4) is 0 Å². The number of carboxylic acid groups (broad SMARTS) is 2. The fraction of sp³-hybridized carbons (Fsp3) is 0.844. The van der Waals surface area contributed by atoms with Gasteiger partial charge in [0, 0.05) is 52.0 Å². The zero-order valence-electron chi connectivity index (χ0n) is 39.2. The summed E-state index contributed by atoms with van der Waals surface area (Å²) in [5.74, 6) is -3.35. The maximum Gasteiger partial charge on any atom is 0.341 e. The third kappa shape index (κ3) is 42.1. The maximum atomic E-state index is 12.5. The number of carboxylic acids is 2. The third-order valence-electron chi connectivity index (χ3n) is 10.1. The van der Waals surface area contributed by atoms with Gasteiger partial charge in [-0.1, -0.05) is 110 Å². The number of hydrogen-bond donors (Lipinski definition) is 7. The number of amides is 5. The van der Waals surface area contributed by atoms with E-state index in [0.29, 0.717) is 45.5 Å². The van der Waals surface area contributed by atoms with Crippen LogP contribution in [0.2, 0.25) is 0 Å². The summed E-state index contributed by atoms with van der Waals surface area (Å²) in [6.07, 6.45) is 20.7. The molecule has 372 valence electrons. The summed E-state index contributed by atoms with van der Waals surface area (Å²) < 4.78 is 21.3. The van der Waals surface area contributed by atoms with Crippen LogP contribution in [-0.4, -0.2) is 155 Å². The van der Waals surface area contributed by atoms with E-state index in [-0.39, 0.29) is 102 Å². The maximum absolute atomic E-state index is 12.5. The number of unbranched alkanes of at least 4 members (excludes halogenated alkanes) is 17. The Morgan fingerprint density at radius 3 is 1.31 bits per heavy atom. The summed E-state index contributed by atoms with van der Waals surface area (Å²) in [5, 5.41) is 31.5. The number of carbonyl (C=O) groups excluding carboxylic acids is 5. The van der Waals surface area contributed by atoms with Crippen molar-refractivity contribution >= 4 is 41.5 Å². The topological polar surface area (TPSA) is 260 Å². The zero-order chi connectivity index (χ0) is 47.3. The van der Waals surface area contributed by atoms with E-state index in [2.05, 4.69) is 26.6 Å². The molecule has 19 nitrogen and oxygen atoms in total. The Labute approximate surface area is 381 Å². The normalized spacial score (nSPS) is 11.5. The van der Waals surface area contributed by atoms with E-state index >= 15 is 0 Å². The predicted molar refractivity (Wildman–Crippen MR) is 242 cm³/mol. The van der Waals surface area contributed by atoms with E-state index in [1.54, 1.807) is 6.92 Å². The van der Waals surface area contributed by atoms with Gasteiger partial charge in [0.25, 0.3) is 0 Å². The Balaban J connectivity index is 3.70. The molecule has 0 aromatic carbocycles. The second-order valence-corrected chi connectivity index (χ2v) is 15.9. The Bertz CT molecular complexity index is 1250. The Kier molecular flexibility index (Phi) is 41.6. The molecular formula is C45H84N6O13. The van der Waals surface area contributed by atoms with Crippen LogP contribution >= 0.6 is 0 Å². The van der Waals surface area contributed by atoms with Gasteiger partial charge in [0.15, 0.2) is 6.17 Å². The fourth-order valence-electron chi connectivity index (χ4n) is 6.41. The molecule has 0 saturated heterocycles. The van der Waals surface area contributed by atoms with E-state index in [4.69, 9.17) is 24.1 Å². The molecule has 0 bridgehead atoms. The molecule has 0 radical (unpaired) electrons. The zero-order valence-corrected chi connectivity index (χ0v) is 39.2. The molecule has 0 heterocycles. The number of hydrogen-bond acceptors (Lipinski definition) is 12. The van der Waals surface area contributed by atoms with Gasteiger partial charge in [-0.3, -0.25) is 33.7 Å². The largest absolute Gasteiger partial charge is 0.481 e. The fourth-order valence-corrected chi connectivity index (χ4v) is 6.41. The van der Waals surface area contributed by atoms with E-state index in [0.717, 1.165) is 38.5 Å². The molecule has 0 rings (SSSR count). The number of ether oxygens (including phenoxy) is 4. The van der Waals surface area contributed by atoms with Gasteiger partial charge in [-0.25, -0.2) is 4.79 Å². The van der Waals surface area contributed by atoms with Crippen LogP contribution in [0.5, 0.6) is 0 Å². The summed E-state index contributed by atoms with van der Waals surface area (Å²) in [6.45, 7) is 4.07. The van der Waals surface area contributed by atoms with Gasteiger partial charge in [0.2, 0.25) is 29.5 Å². The smallest absolute Gasteiger partial charge is 0.341 e. The highest BCUT2D eigenvalue weighted by Gasteiger charge is 2.26. The van der Waals surface area contributed by atoms with Crippen LogP contribution in [0.1, 0.15) is 148 Å². The number of carbonyl (C=O) groups is 7. The van der Waals surface area contributed by atoms with Crippen molar-refractivity contribution in [1.29, 1.82) is 0 Å². The van der Waals surface area contributed by atoms with Gasteiger partial charge in [-0.2, -0.15) is 0 Å². The SMILES string of the molecule is CCC(=O)NCCNC(=O)COCCOCCNC(=O)COCCOCCCNC(=O)CN(C)[C@H](NC(=O)CCCCCCCCCCCCCCCCCCCCC(=O)O)C(=O)O. The average Bonchev–Trinajstić information content (AvgIpc) is 3.26. The molecule has 0 unspecified atom stereocenters. The van der Waals surface area contributed by atoms with Crippen molar-refractivity contribution in [2.75, 3.05) is 92.6 Å². The van der Waals surface area contributed by atoms with Crippen LogP contribution in [0.3, 0.4) is 0 Å². The molecule has 0 aliphatic carbocycles. The third-order valence-corrected chi connectivity index (χ3v) is 10.1. The van der Waals surface area contributed by atoms with Crippen LogP contribution in [0.25, 0.3) is 0 Å². The lowest BCUT2D eigenvalue weighted by Gasteiger charge is -2.24. The molecule has 19 heteroatoms. The molecule has 0 fully saturated rings. The number of likely N-dealkylation sites (N-methyl/N-ethyl adjacent to an activating group) is 1. The van der Waals surface area contributed by atoms with Crippen molar-refractivity contribution in [3.63, 3.8) is 0 Å². The molecule has 0 aromatic heterocycles. The molecule has 0 aromatic rings. The first-order valence-electron chi connectivity index (χ1n) is 23.8.